The van der Waals surface area contributed by atoms with Crippen LogP contribution in [0.5, 0.6) is 23.1 Å². The van der Waals surface area contributed by atoms with Crippen molar-refractivity contribution in [2.75, 3.05) is 30.5 Å². The molecule has 24 heavy (non-hydrogen) atoms. The first-order valence-corrected chi connectivity index (χ1v) is 8.13. The van der Waals surface area contributed by atoms with Crippen molar-refractivity contribution >= 4 is 11.5 Å². The Morgan fingerprint density at radius 3 is 3.00 bits per heavy atom. The summed E-state index contributed by atoms with van der Waals surface area (Å²) in [6, 6.07) is 5.38. The van der Waals surface area contributed by atoms with Gasteiger partial charge < -0.3 is 24.8 Å². The molecule has 0 radical (unpaired) electrons. The number of nitrogens with two attached hydrogens (primary N) is 1. The summed E-state index contributed by atoms with van der Waals surface area (Å²) in [6.45, 7) is 4.37. The maximum atomic E-state index is 6.27. The van der Waals surface area contributed by atoms with Gasteiger partial charge in [-0.3, -0.25) is 0 Å². The lowest BCUT2D eigenvalue weighted by Crippen LogP contribution is -2.35. The molecule has 1 fully saturated rings. The summed E-state index contributed by atoms with van der Waals surface area (Å²) < 4.78 is 16.5. The van der Waals surface area contributed by atoms with E-state index in [1.165, 1.54) is 12.7 Å². The average Bonchev–Trinajstić information content (AvgIpc) is 3.04. The van der Waals surface area contributed by atoms with E-state index in [9.17, 15) is 0 Å². The molecule has 1 saturated heterocycles. The van der Waals surface area contributed by atoms with Crippen LogP contribution in [0.4, 0.5) is 11.5 Å². The van der Waals surface area contributed by atoms with E-state index in [-0.39, 0.29) is 6.79 Å². The molecule has 2 aliphatic rings. The van der Waals surface area contributed by atoms with Gasteiger partial charge in [-0.05, 0) is 30.9 Å². The molecular weight excluding hydrogens is 308 g/mol. The van der Waals surface area contributed by atoms with Crippen molar-refractivity contribution in [3.63, 3.8) is 0 Å². The lowest BCUT2D eigenvalue weighted by molar-refractivity contribution is 0.174. The highest BCUT2D eigenvalue weighted by atomic mass is 16.7. The van der Waals surface area contributed by atoms with Crippen molar-refractivity contribution in [1.29, 1.82) is 0 Å². The van der Waals surface area contributed by atoms with E-state index >= 15 is 0 Å². The number of hydrogen-bond acceptors (Lipinski definition) is 7. The largest absolute Gasteiger partial charge is 0.454 e. The third kappa shape index (κ3) is 2.77. The fourth-order valence-corrected chi connectivity index (χ4v) is 3.14. The molecule has 2 N–H and O–H groups in total. The summed E-state index contributed by atoms with van der Waals surface area (Å²) in [4.78, 5) is 10.8. The molecule has 0 bridgehead atoms. The number of anilines is 2. The minimum Gasteiger partial charge on any atom is -0.454 e. The standard InChI is InChI=1S/C17H20N4O3/c1-11-3-2-6-21(8-11)16-15(18)17(20-9-19-16)24-12-4-5-13-14(7-12)23-10-22-13/h4-5,7,9,11H,2-3,6,8,10,18H2,1H3/t11-/m0/s1. The van der Waals surface area contributed by atoms with Gasteiger partial charge in [0.15, 0.2) is 17.3 Å². The number of fused-ring (bicyclic) bond motifs is 1. The zero-order valence-electron chi connectivity index (χ0n) is 13.6. The minimum atomic E-state index is 0.228. The molecule has 2 aromatic rings. The topological polar surface area (TPSA) is 82.7 Å². The molecule has 3 heterocycles. The lowest BCUT2D eigenvalue weighted by Gasteiger charge is -2.32. The first kappa shape index (κ1) is 14.9. The number of hydrogen-bond donors (Lipinski definition) is 1. The molecule has 0 saturated carbocycles. The van der Waals surface area contributed by atoms with Gasteiger partial charge in [0.05, 0.1) is 0 Å². The first-order valence-electron chi connectivity index (χ1n) is 8.13. The predicted octanol–water partition coefficient (Wildman–Crippen LogP) is 2.82. The smallest absolute Gasteiger partial charge is 0.248 e. The Hall–Kier alpha value is -2.70. The second-order valence-corrected chi connectivity index (χ2v) is 6.23. The van der Waals surface area contributed by atoms with Gasteiger partial charge in [-0.2, -0.15) is 4.98 Å². The highest BCUT2D eigenvalue weighted by Crippen LogP contribution is 2.38. The van der Waals surface area contributed by atoms with E-state index < -0.39 is 0 Å². The maximum Gasteiger partial charge on any atom is 0.248 e. The number of benzene rings is 1. The Labute approximate surface area is 140 Å². The molecule has 0 unspecified atom stereocenters. The van der Waals surface area contributed by atoms with Crippen LogP contribution in [0.25, 0.3) is 0 Å². The normalized spacial score (nSPS) is 19.4. The second-order valence-electron chi connectivity index (χ2n) is 6.23. The van der Waals surface area contributed by atoms with Crippen LogP contribution in [0.3, 0.4) is 0 Å². The van der Waals surface area contributed by atoms with Crippen molar-refractivity contribution in [3.05, 3.63) is 24.5 Å². The van der Waals surface area contributed by atoms with Gasteiger partial charge in [0.2, 0.25) is 12.7 Å². The zero-order chi connectivity index (χ0) is 16.5. The molecule has 126 valence electrons. The van der Waals surface area contributed by atoms with Crippen molar-refractivity contribution in [2.24, 2.45) is 5.92 Å². The van der Waals surface area contributed by atoms with Crippen LogP contribution in [0, 0.1) is 5.92 Å². The number of piperidine rings is 1. The second kappa shape index (κ2) is 6.07. The number of nitrogen functional groups attached to an aromatic ring is 1. The maximum absolute atomic E-state index is 6.27. The summed E-state index contributed by atoms with van der Waals surface area (Å²) in [7, 11) is 0. The Bertz CT molecular complexity index is 753. The van der Waals surface area contributed by atoms with Crippen molar-refractivity contribution in [2.45, 2.75) is 19.8 Å². The number of ether oxygens (including phenoxy) is 3. The molecule has 7 heteroatoms. The summed E-state index contributed by atoms with van der Waals surface area (Å²) in [5.41, 5.74) is 6.73. The van der Waals surface area contributed by atoms with E-state index in [1.54, 1.807) is 12.1 Å². The Morgan fingerprint density at radius 1 is 1.25 bits per heavy atom. The van der Waals surface area contributed by atoms with Gasteiger partial charge in [-0.25, -0.2) is 4.98 Å². The van der Waals surface area contributed by atoms with Gasteiger partial charge in [0, 0.05) is 19.2 Å². The fourth-order valence-electron chi connectivity index (χ4n) is 3.14. The molecule has 0 spiro atoms. The quantitative estimate of drug-likeness (QED) is 0.927. The number of rotatable bonds is 3. The highest BCUT2D eigenvalue weighted by molar-refractivity contribution is 5.68. The van der Waals surface area contributed by atoms with Crippen LogP contribution >= 0.6 is 0 Å². The van der Waals surface area contributed by atoms with E-state index in [1.807, 2.05) is 6.07 Å². The predicted molar refractivity (Wildman–Crippen MR) is 89.7 cm³/mol. The van der Waals surface area contributed by atoms with Crippen molar-refractivity contribution in [1.82, 2.24) is 9.97 Å². The van der Waals surface area contributed by atoms with Gasteiger partial charge in [0.25, 0.3) is 0 Å². The number of aromatic nitrogens is 2. The molecule has 1 aromatic carbocycles. The summed E-state index contributed by atoms with van der Waals surface area (Å²) >= 11 is 0. The van der Waals surface area contributed by atoms with Gasteiger partial charge >= 0.3 is 0 Å². The highest BCUT2D eigenvalue weighted by Gasteiger charge is 2.22. The lowest BCUT2D eigenvalue weighted by atomic mass is 10.0. The van der Waals surface area contributed by atoms with Crippen LogP contribution in [0.1, 0.15) is 19.8 Å². The van der Waals surface area contributed by atoms with Gasteiger partial charge in [-0.1, -0.05) is 6.92 Å². The molecule has 1 aromatic heterocycles. The minimum absolute atomic E-state index is 0.228. The average molecular weight is 328 g/mol. The van der Waals surface area contributed by atoms with Crippen LogP contribution < -0.4 is 24.8 Å². The van der Waals surface area contributed by atoms with Gasteiger partial charge in [0.1, 0.15) is 17.8 Å². The molecule has 7 nitrogen and oxygen atoms in total. The van der Waals surface area contributed by atoms with Crippen molar-refractivity contribution in [3.8, 4) is 23.1 Å². The van der Waals surface area contributed by atoms with Crippen LogP contribution in [-0.4, -0.2) is 29.9 Å². The fraction of sp³-hybridized carbons (Fsp3) is 0.412. The zero-order valence-corrected chi connectivity index (χ0v) is 13.6. The molecular formula is C17H20N4O3. The Morgan fingerprint density at radius 2 is 2.12 bits per heavy atom. The van der Waals surface area contributed by atoms with E-state index in [0.717, 1.165) is 25.3 Å². The Balaban J connectivity index is 1.58. The monoisotopic (exact) mass is 328 g/mol. The van der Waals surface area contributed by atoms with E-state index in [0.29, 0.717) is 34.7 Å². The van der Waals surface area contributed by atoms with Gasteiger partial charge in [-0.15, -0.1) is 0 Å². The van der Waals surface area contributed by atoms with Crippen LogP contribution in [-0.2, 0) is 0 Å². The van der Waals surface area contributed by atoms with Crippen molar-refractivity contribution < 1.29 is 14.2 Å². The summed E-state index contributed by atoms with van der Waals surface area (Å²) in [6.07, 6.45) is 3.87. The third-order valence-corrected chi connectivity index (χ3v) is 4.34. The summed E-state index contributed by atoms with van der Waals surface area (Å²) in [5.74, 6) is 3.70. The third-order valence-electron chi connectivity index (χ3n) is 4.34. The van der Waals surface area contributed by atoms with Crippen LogP contribution in [0.15, 0.2) is 24.5 Å². The molecule has 0 amide bonds. The molecule has 0 aliphatic carbocycles. The summed E-state index contributed by atoms with van der Waals surface area (Å²) in [5, 5.41) is 0. The number of nitrogens with zero attached hydrogens (tertiary/aromatic N) is 3. The van der Waals surface area contributed by atoms with E-state index in [4.69, 9.17) is 19.9 Å². The molecule has 2 aliphatic heterocycles. The SMILES string of the molecule is C[C@H]1CCCN(c2ncnc(Oc3ccc4c(c3)OCO4)c2N)C1. The Kier molecular flexibility index (Phi) is 3.76. The molecule has 1 atom stereocenters. The van der Waals surface area contributed by atoms with Crippen LogP contribution in [0.2, 0.25) is 0 Å². The van der Waals surface area contributed by atoms with E-state index in [2.05, 4.69) is 21.8 Å². The first-order chi connectivity index (χ1) is 11.7. The molecule has 4 rings (SSSR count).